The van der Waals surface area contributed by atoms with E-state index in [4.69, 9.17) is 4.42 Å². The molecular weight excluding hydrogens is 529 g/mol. The van der Waals surface area contributed by atoms with Crippen molar-refractivity contribution in [1.82, 2.24) is 9.47 Å². The predicted octanol–water partition coefficient (Wildman–Crippen LogP) is 3.36. The number of anilines is 2. The molecule has 2 aliphatic rings. The lowest BCUT2D eigenvalue weighted by atomic mass is 9.95. The molecule has 1 fully saturated rings. The molecule has 40 heavy (non-hydrogen) atoms. The molecule has 0 saturated carbocycles. The molecule has 4 aromatic rings. The first-order chi connectivity index (χ1) is 19.4. The van der Waals surface area contributed by atoms with Gasteiger partial charge in [-0.1, -0.05) is 41.7 Å². The van der Waals surface area contributed by atoms with Crippen molar-refractivity contribution in [3.63, 3.8) is 0 Å². The number of nitrogens with one attached hydrogen (secondary N) is 1. The van der Waals surface area contributed by atoms with Crippen molar-refractivity contribution in [2.24, 2.45) is 4.99 Å². The summed E-state index contributed by atoms with van der Waals surface area (Å²) in [7, 11) is 2.10. The minimum Gasteiger partial charge on any atom is -0.441 e. The van der Waals surface area contributed by atoms with Crippen LogP contribution < -0.4 is 25.1 Å². The van der Waals surface area contributed by atoms with Crippen LogP contribution in [0.3, 0.4) is 0 Å². The monoisotopic (exact) mass is 557 g/mol. The van der Waals surface area contributed by atoms with E-state index in [2.05, 4.69) is 27.2 Å². The maximum atomic E-state index is 13.9. The standard InChI is InChI=1S/C30H28FN5O3S/c1-19-26(28(37)33-22-6-4-3-5-7-22)27(20-8-10-21(31)11-9-20)36-29(38)24(40-30(36)32-19)18-23-12-13-25(39-23)35-16-14-34(2)15-17-35/h3-13,18,27H,14-17H2,1-2H3,(H,33,37)/b24-18+/t27-/m0/s1. The summed E-state index contributed by atoms with van der Waals surface area (Å²) in [5.74, 6) is 0.558. The van der Waals surface area contributed by atoms with Crippen LogP contribution >= 0.6 is 11.3 Å². The van der Waals surface area contributed by atoms with Crippen molar-refractivity contribution in [2.45, 2.75) is 13.0 Å². The van der Waals surface area contributed by atoms with E-state index in [0.29, 0.717) is 37.6 Å². The number of likely N-dealkylation sites (N-methyl/N-ethyl adjacent to an activating group) is 1. The van der Waals surface area contributed by atoms with Gasteiger partial charge in [-0.05, 0) is 49.9 Å². The van der Waals surface area contributed by atoms with Gasteiger partial charge in [-0.3, -0.25) is 14.2 Å². The van der Waals surface area contributed by atoms with Crippen molar-refractivity contribution in [3.8, 4) is 0 Å². The highest BCUT2D eigenvalue weighted by molar-refractivity contribution is 7.07. The number of fused-ring (bicyclic) bond motifs is 1. The Hall–Kier alpha value is -4.28. The fraction of sp³-hybridized carbons (Fsp3) is 0.233. The number of para-hydroxylation sites is 1. The molecule has 0 unspecified atom stereocenters. The Morgan fingerprint density at radius 2 is 1.77 bits per heavy atom. The number of carbonyl (C=O) groups is 1. The number of furan rings is 1. The fourth-order valence-corrected chi connectivity index (χ4v) is 6.06. The van der Waals surface area contributed by atoms with Gasteiger partial charge in [-0.2, -0.15) is 0 Å². The van der Waals surface area contributed by atoms with Crippen LogP contribution in [0.1, 0.15) is 24.3 Å². The minimum atomic E-state index is -0.778. The van der Waals surface area contributed by atoms with Gasteiger partial charge in [0.05, 0.1) is 21.8 Å². The Bertz CT molecular complexity index is 1760. The van der Waals surface area contributed by atoms with Crippen LogP contribution in [-0.4, -0.2) is 48.6 Å². The first-order valence-corrected chi connectivity index (χ1v) is 13.9. The molecule has 1 N–H and O–H groups in total. The van der Waals surface area contributed by atoms with Crippen molar-refractivity contribution in [2.75, 3.05) is 43.4 Å². The lowest BCUT2D eigenvalue weighted by Gasteiger charge is -2.32. The van der Waals surface area contributed by atoms with Gasteiger partial charge >= 0.3 is 0 Å². The summed E-state index contributed by atoms with van der Waals surface area (Å²) in [6.45, 7) is 5.41. The average molecular weight is 558 g/mol. The highest BCUT2D eigenvalue weighted by atomic mass is 32.1. The molecule has 1 amide bonds. The molecule has 2 aromatic heterocycles. The Balaban J connectivity index is 1.41. The molecule has 10 heteroatoms. The molecule has 0 aliphatic carbocycles. The normalized spacial score (nSPS) is 18.0. The SMILES string of the molecule is CC1=C(C(=O)Nc2ccccc2)[C@H](c2ccc(F)cc2)n2c(s/c(=C/c3ccc(N4CCN(C)CC4)o3)c2=O)=N1. The number of benzene rings is 2. The Kier molecular flexibility index (Phi) is 6.95. The zero-order valence-corrected chi connectivity index (χ0v) is 23.0. The molecule has 4 heterocycles. The second kappa shape index (κ2) is 10.7. The number of piperazine rings is 1. The summed E-state index contributed by atoms with van der Waals surface area (Å²) < 4.78 is 21.9. The summed E-state index contributed by atoms with van der Waals surface area (Å²) in [5, 5.41) is 2.91. The van der Waals surface area contributed by atoms with Crippen LogP contribution in [0.15, 0.2) is 92.2 Å². The van der Waals surface area contributed by atoms with Crippen LogP contribution in [0.5, 0.6) is 0 Å². The number of rotatable bonds is 5. The molecule has 2 aliphatic heterocycles. The van der Waals surface area contributed by atoms with E-state index < -0.39 is 11.9 Å². The van der Waals surface area contributed by atoms with Crippen LogP contribution in [0, 0.1) is 5.82 Å². The molecule has 2 aromatic carbocycles. The van der Waals surface area contributed by atoms with E-state index in [0.717, 1.165) is 32.1 Å². The number of hydrogen-bond acceptors (Lipinski definition) is 7. The van der Waals surface area contributed by atoms with Gasteiger partial charge in [-0.15, -0.1) is 0 Å². The Morgan fingerprint density at radius 3 is 2.50 bits per heavy atom. The topological polar surface area (TPSA) is 83.1 Å². The van der Waals surface area contributed by atoms with Crippen molar-refractivity contribution < 1.29 is 13.6 Å². The summed E-state index contributed by atoms with van der Waals surface area (Å²) in [4.78, 5) is 37.0. The maximum absolute atomic E-state index is 13.9. The fourth-order valence-electron chi connectivity index (χ4n) is 5.04. The van der Waals surface area contributed by atoms with Crippen LogP contribution in [-0.2, 0) is 4.79 Å². The Labute approximate surface area is 234 Å². The third-order valence-electron chi connectivity index (χ3n) is 7.18. The first kappa shape index (κ1) is 26.0. The maximum Gasteiger partial charge on any atom is 0.271 e. The first-order valence-electron chi connectivity index (χ1n) is 13.0. The highest BCUT2D eigenvalue weighted by Gasteiger charge is 2.32. The zero-order chi connectivity index (χ0) is 27.8. The molecular formula is C30H28FN5O3S. The largest absolute Gasteiger partial charge is 0.441 e. The van der Waals surface area contributed by atoms with Gasteiger partial charge in [0, 0.05) is 44.0 Å². The minimum absolute atomic E-state index is 0.298. The third kappa shape index (κ3) is 5.03. The van der Waals surface area contributed by atoms with E-state index in [1.165, 1.54) is 28.0 Å². The lowest BCUT2D eigenvalue weighted by molar-refractivity contribution is -0.113. The smallest absolute Gasteiger partial charge is 0.271 e. The van der Waals surface area contributed by atoms with E-state index in [1.807, 2.05) is 30.3 Å². The van der Waals surface area contributed by atoms with Gasteiger partial charge in [0.2, 0.25) is 0 Å². The van der Waals surface area contributed by atoms with Gasteiger partial charge in [0.25, 0.3) is 11.5 Å². The van der Waals surface area contributed by atoms with E-state index in [1.54, 1.807) is 37.3 Å². The van der Waals surface area contributed by atoms with E-state index in [9.17, 15) is 14.0 Å². The highest BCUT2D eigenvalue weighted by Crippen LogP contribution is 2.31. The second-order valence-electron chi connectivity index (χ2n) is 9.92. The molecule has 0 spiro atoms. The molecule has 0 bridgehead atoms. The summed E-state index contributed by atoms with van der Waals surface area (Å²) >= 11 is 1.23. The molecule has 0 radical (unpaired) electrons. The number of hydrogen-bond donors (Lipinski definition) is 1. The molecule has 204 valence electrons. The molecule has 1 saturated heterocycles. The Morgan fingerprint density at radius 1 is 1.05 bits per heavy atom. The van der Waals surface area contributed by atoms with Gasteiger partial charge in [-0.25, -0.2) is 9.38 Å². The number of allylic oxidation sites excluding steroid dienone is 1. The van der Waals surface area contributed by atoms with E-state index >= 15 is 0 Å². The number of amides is 1. The van der Waals surface area contributed by atoms with Crippen molar-refractivity contribution in [3.05, 3.63) is 115 Å². The van der Waals surface area contributed by atoms with Crippen LogP contribution in [0.25, 0.3) is 6.08 Å². The van der Waals surface area contributed by atoms with Gasteiger partial charge in [0.15, 0.2) is 10.7 Å². The third-order valence-corrected chi connectivity index (χ3v) is 8.17. The second-order valence-corrected chi connectivity index (χ2v) is 10.9. The summed E-state index contributed by atoms with van der Waals surface area (Å²) in [6, 6.07) is 17.9. The van der Waals surface area contributed by atoms with Crippen molar-refractivity contribution >= 4 is 34.9 Å². The van der Waals surface area contributed by atoms with Gasteiger partial charge in [0.1, 0.15) is 11.6 Å². The van der Waals surface area contributed by atoms with Crippen LogP contribution in [0.2, 0.25) is 0 Å². The predicted molar refractivity (Wildman–Crippen MR) is 154 cm³/mol. The summed E-state index contributed by atoms with van der Waals surface area (Å²) in [6.07, 6.45) is 1.72. The molecule has 8 nitrogen and oxygen atoms in total. The molecule has 6 rings (SSSR count). The number of nitrogens with zero attached hydrogens (tertiary/aromatic N) is 4. The average Bonchev–Trinajstić information content (AvgIpc) is 3.53. The number of halogens is 1. The number of carbonyl (C=O) groups excluding carboxylic acids is 1. The van der Waals surface area contributed by atoms with Gasteiger partial charge < -0.3 is 19.5 Å². The number of aromatic nitrogens is 1. The quantitative estimate of drug-likeness (QED) is 0.407. The zero-order valence-electron chi connectivity index (χ0n) is 22.1. The molecule has 1 atom stereocenters. The summed E-state index contributed by atoms with van der Waals surface area (Å²) in [5.41, 5.74) is 1.75. The lowest BCUT2D eigenvalue weighted by Crippen LogP contribution is -2.44. The van der Waals surface area contributed by atoms with Crippen LogP contribution in [0.4, 0.5) is 16.0 Å². The number of thiazole rings is 1. The van der Waals surface area contributed by atoms with Crippen molar-refractivity contribution in [1.29, 1.82) is 0 Å². The van der Waals surface area contributed by atoms with E-state index in [-0.39, 0.29) is 11.5 Å².